The van der Waals surface area contributed by atoms with Crippen molar-refractivity contribution in [1.82, 2.24) is 14.1 Å². The fourth-order valence-corrected chi connectivity index (χ4v) is 4.76. The van der Waals surface area contributed by atoms with Crippen molar-refractivity contribution in [2.75, 3.05) is 7.11 Å². The maximum atomic E-state index is 13.3. The van der Waals surface area contributed by atoms with E-state index in [1.54, 1.807) is 25.4 Å². The van der Waals surface area contributed by atoms with Gasteiger partial charge in [-0.05, 0) is 74.1 Å². The SMILES string of the molecule is CCCC(=O)n1c(=O)n(-c2ccc(-c3ccc(OC)c(OC4CCCC4)c3)cn2)c2ccccc21. The molecule has 4 aromatic rings. The number of fused-ring (bicyclic) bond motifs is 1. The molecule has 7 heteroatoms. The normalized spacial score (nSPS) is 13.9. The minimum Gasteiger partial charge on any atom is -0.493 e. The lowest BCUT2D eigenvalue weighted by Crippen LogP contribution is -2.28. The third-order valence-electron chi connectivity index (χ3n) is 6.53. The highest BCUT2D eigenvalue weighted by molar-refractivity contribution is 5.91. The number of nitrogens with zero attached hydrogens (tertiary/aromatic N) is 3. The average Bonchev–Trinajstić information content (AvgIpc) is 3.49. The van der Waals surface area contributed by atoms with Gasteiger partial charge in [-0.25, -0.2) is 18.9 Å². The lowest BCUT2D eigenvalue weighted by atomic mass is 10.1. The van der Waals surface area contributed by atoms with Crippen molar-refractivity contribution in [3.63, 3.8) is 0 Å². The lowest BCUT2D eigenvalue weighted by Gasteiger charge is -2.17. The molecule has 0 amide bonds. The van der Waals surface area contributed by atoms with E-state index >= 15 is 0 Å². The van der Waals surface area contributed by atoms with Crippen LogP contribution in [0.15, 0.2) is 65.6 Å². The Morgan fingerprint density at radius 2 is 1.74 bits per heavy atom. The summed E-state index contributed by atoms with van der Waals surface area (Å²) < 4.78 is 14.5. The Bertz CT molecular complexity index is 1410. The largest absolute Gasteiger partial charge is 0.493 e. The molecule has 180 valence electrons. The van der Waals surface area contributed by atoms with Crippen molar-refractivity contribution in [3.8, 4) is 28.4 Å². The summed E-state index contributed by atoms with van der Waals surface area (Å²) in [7, 11) is 1.65. The molecule has 1 aliphatic carbocycles. The van der Waals surface area contributed by atoms with Crippen LogP contribution in [-0.2, 0) is 0 Å². The molecule has 1 fully saturated rings. The van der Waals surface area contributed by atoms with Gasteiger partial charge >= 0.3 is 5.69 Å². The number of imidazole rings is 1. The number of carbonyl (C=O) groups is 1. The van der Waals surface area contributed by atoms with E-state index < -0.39 is 5.69 Å². The number of pyridine rings is 1. The van der Waals surface area contributed by atoms with Crippen LogP contribution in [0, 0.1) is 0 Å². The van der Waals surface area contributed by atoms with Gasteiger partial charge in [0.1, 0.15) is 5.82 Å². The van der Waals surface area contributed by atoms with Gasteiger partial charge in [0.15, 0.2) is 11.5 Å². The Labute approximate surface area is 203 Å². The molecule has 7 nitrogen and oxygen atoms in total. The maximum Gasteiger partial charge on any atom is 0.341 e. The Morgan fingerprint density at radius 1 is 1.00 bits per heavy atom. The summed E-state index contributed by atoms with van der Waals surface area (Å²) in [5, 5.41) is 0. The van der Waals surface area contributed by atoms with Crippen molar-refractivity contribution in [2.24, 2.45) is 0 Å². The number of rotatable bonds is 7. The van der Waals surface area contributed by atoms with Crippen LogP contribution in [0.1, 0.15) is 50.2 Å². The zero-order valence-corrected chi connectivity index (χ0v) is 20.1. The second kappa shape index (κ2) is 9.78. The van der Waals surface area contributed by atoms with Gasteiger partial charge in [0.2, 0.25) is 5.91 Å². The van der Waals surface area contributed by atoms with E-state index in [9.17, 15) is 9.59 Å². The molecular weight excluding hydrogens is 442 g/mol. The molecule has 0 N–H and O–H groups in total. The summed E-state index contributed by atoms with van der Waals surface area (Å²) in [6, 6.07) is 16.9. The smallest absolute Gasteiger partial charge is 0.341 e. The Kier molecular flexibility index (Phi) is 6.40. The van der Waals surface area contributed by atoms with Crippen LogP contribution in [0.3, 0.4) is 0 Å². The monoisotopic (exact) mass is 471 g/mol. The third-order valence-corrected chi connectivity index (χ3v) is 6.53. The van der Waals surface area contributed by atoms with Crippen LogP contribution in [0.4, 0.5) is 0 Å². The van der Waals surface area contributed by atoms with E-state index in [0.29, 0.717) is 35.4 Å². The standard InChI is InChI=1S/C28H29N3O4/c1-3-8-27(32)31-23-12-7-6-11-22(23)30(28(31)33)26-16-14-20(18-29-26)19-13-15-24(34-2)25(17-19)35-21-9-4-5-10-21/h6-7,11-18,21H,3-5,8-10H2,1-2H3. The molecule has 0 atom stereocenters. The first-order chi connectivity index (χ1) is 17.1. The molecule has 35 heavy (non-hydrogen) atoms. The van der Waals surface area contributed by atoms with Crippen molar-refractivity contribution < 1.29 is 14.3 Å². The molecule has 2 heterocycles. The first kappa shape index (κ1) is 22.9. The van der Waals surface area contributed by atoms with Gasteiger partial charge in [-0.2, -0.15) is 0 Å². The maximum absolute atomic E-state index is 13.3. The molecule has 2 aromatic carbocycles. The Balaban J connectivity index is 1.51. The quantitative estimate of drug-likeness (QED) is 0.349. The highest BCUT2D eigenvalue weighted by Crippen LogP contribution is 2.35. The first-order valence-corrected chi connectivity index (χ1v) is 12.2. The van der Waals surface area contributed by atoms with Gasteiger partial charge in [-0.3, -0.25) is 4.79 Å². The molecule has 0 saturated heterocycles. The molecule has 0 aliphatic heterocycles. The molecule has 2 aromatic heterocycles. The molecular formula is C28H29N3O4. The van der Waals surface area contributed by atoms with E-state index in [0.717, 1.165) is 29.7 Å². The predicted molar refractivity (Wildman–Crippen MR) is 136 cm³/mol. The highest BCUT2D eigenvalue weighted by Gasteiger charge is 2.21. The third kappa shape index (κ3) is 4.34. The van der Waals surface area contributed by atoms with Crippen LogP contribution >= 0.6 is 0 Å². The summed E-state index contributed by atoms with van der Waals surface area (Å²) in [5.41, 5.74) is 2.68. The van der Waals surface area contributed by atoms with Gasteiger partial charge in [0, 0.05) is 18.2 Å². The molecule has 1 saturated carbocycles. The minimum atomic E-state index is -0.401. The predicted octanol–water partition coefficient (Wildman–Crippen LogP) is 5.62. The molecule has 0 unspecified atom stereocenters. The topological polar surface area (TPSA) is 75.4 Å². The summed E-state index contributed by atoms with van der Waals surface area (Å²) >= 11 is 0. The van der Waals surface area contributed by atoms with Gasteiger partial charge in [0.05, 0.1) is 24.2 Å². The zero-order chi connectivity index (χ0) is 24.4. The number of para-hydroxylation sites is 2. The van der Waals surface area contributed by atoms with Gasteiger partial charge in [-0.15, -0.1) is 0 Å². The number of hydrogen-bond acceptors (Lipinski definition) is 5. The molecule has 5 rings (SSSR count). The summed E-state index contributed by atoms with van der Waals surface area (Å²) in [4.78, 5) is 30.5. The zero-order valence-electron chi connectivity index (χ0n) is 20.1. The fraction of sp³-hybridized carbons (Fsp3) is 0.321. The lowest BCUT2D eigenvalue weighted by molar-refractivity contribution is 0.0902. The number of methoxy groups -OCH3 is 1. The molecule has 0 bridgehead atoms. The van der Waals surface area contributed by atoms with E-state index in [1.807, 2.05) is 49.4 Å². The van der Waals surface area contributed by atoms with E-state index in [2.05, 4.69) is 4.98 Å². The fourth-order valence-electron chi connectivity index (χ4n) is 4.76. The summed E-state index contributed by atoms with van der Waals surface area (Å²) in [6.07, 6.45) is 7.45. The molecule has 0 radical (unpaired) electrons. The van der Waals surface area contributed by atoms with Crippen molar-refractivity contribution in [2.45, 2.75) is 51.6 Å². The Hall–Kier alpha value is -3.87. The van der Waals surface area contributed by atoms with E-state index in [4.69, 9.17) is 9.47 Å². The van der Waals surface area contributed by atoms with E-state index in [-0.39, 0.29) is 12.0 Å². The number of carbonyl (C=O) groups excluding carboxylic acids is 1. The second-order valence-electron chi connectivity index (χ2n) is 8.88. The second-order valence-corrected chi connectivity index (χ2v) is 8.88. The number of ether oxygens (including phenoxy) is 2. The van der Waals surface area contributed by atoms with Crippen LogP contribution in [0.25, 0.3) is 28.0 Å². The van der Waals surface area contributed by atoms with E-state index in [1.165, 1.54) is 22.0 Å². The van der Waals surface area contributed by atoms with Gasteiger partial charge < -0.3 is 9.47 Å². The van der Waals surface area contributed by atoms with Crippen molar-refractivity contribution in [1.29, 1.82) is 0 Å². The Morgan fingerprint density at radius 3 is 2.43 bits per heavy atom. The van der Waals surface area contributed by atoms with Gasteiger partial charge in [0.25, 0.3) is 0 Å². The summed E-state index contributed by atoms with van der Waals surface area (Å²) in [5.74, 6) is 1.70. The van der Waals surface area contributed by atoms with Crippen LogP contribution in [0.2, 0.25) is 0 Å². The van der Waals surface area contributed by atoms with Crippen LogP contribution in [-0.4, -0.2) is 33.2 Å². The number of hydrogen-bond donors (Lipinski definition) is 0. The highest BCUT2D eigenvalue weighted by atomic mass is 16.5. The van der Waals surface area contributed by atoms with Crippen molar-refractivity contribution >= 4 is 16.9 Å². The van der Waals surface area contributed by atoms with Crippen LogP contribution < -0.4 is 15.2 Å². The number of aromatic nitrogens is 3. The minimum absolute atomic E-state index is 0.211. The van der Waals surface area contributed by atoms with Crippen molar-refractivity contribution in [3.05, 3.63) is 71.3 Å². The molecule has 0 spiro atoms. The average molecular weight is 472 g/mol. The van der Waals surface area contributed by atoms with Gasteiger partial charge in [-0.1, -0.05) is 25.1 Å². The molecule has 1 aliphatic rings. The summed E-state index contributed by atoms with van der Waals surface area (Å²) in [6.45, 7) is 1.92. The first-order valence-electron chi connectivity index (χ1n) is 12.2. The number of benzene rings is 2. The van der Waals surface area contributed by atoms with Crippen LogP contribution in [0.5, 0.6) is 11.5 Å².